The molecule has 2 rings (SSSR count). The molecule has 6 nitrogen and oxygen atoms in total. The molecule has 0 aliphatic rings. The number of aryl methyl sites for hydroxylation is 1. The lowest BCUT2D eigenvalue weighted by atomic mass is 10.3. The molecular weight excluding hydrogens is 271 g/mol. The minimum absolute atomic E-state index is 0.0527. The Morgan fingerprint density at radius 1 is 1.37 bits per heavy atom. The maximum Gasteiger partial charge on any atom is 0.283 e. The van der Waals surface area contributed by atoms with Gasteiger partial charge >= 0.3 is 0 Å². The summed E-state index contributed by atoms with van der Waals surface area (Å²) < 4.78 is 40.6. The van der Waals surface area contributed by atoms with Gasteiger partial charge in [0.1, 0.15) is 5.82 Å². The Bertz CT molecular complexity index is 692. The second-order valence-electron chi connectivity index (χ2n) is 3.97. The van der Waals surface area contributed by atoms with Gasteiger partial charge in [-0.15, -0.1) is 0 Å². The monoisotopic (exact) mass is 284 g/mol. The van der Waals surface area contributed by atoms with E-state index >= 15 is 0 Å². The molecular formula is C11H13FN4O2S. The third kappa shape index (κ3) is 2.14. The van der Waals surface area contributed by atoms with Gasteiger partial charge < -0.3 is 10.3 Å². The molecule has 2 aromatic rings. The molecule has 0 spiro atoms. The van der Waals surface area contributed by atoms with E-state index in [0.29, 0.717) is 0 Å². The number of nitrogens with zero attached hydrogens (tertiary/aromatic N) is 3. The lowest BCUT2D eigenvalue weighted by Crippen LogP contribution is -2.29. The molecule has 1 heterocycles. The van der Waals surface area contributed by atoms with Gasteiger partial charge in [-0.05, 0) is 12.1 Å². The number of hydrogen-bond donors (Lipinski definition) is 1. The first-order valence-corrected chi connectivity index (χ1v) is 6.80. The third-order valence-corrected chi connectivity index (χ3v) is 4.61. The predicted octanol–water partition coefficient (Wildman–Crippen LogP) is 0.967. The van der Waals surface area contributed by atoms with Crippen LogP contribution in [-0.4, -0.2) is 25.0 Å². The first-order valence-electron chi connectivity index (χ1n) is 5.36. The molecule has 0 aliphatic heterocycles. The van der Waals surface area contributed by atoms with E-state index in [1.54, 1.807) is 6.07 Å². The molecule has 0 amide bonds. The summed E-state index contributed by atoms with van der Waals surface area (Å²) in [6.45, 7) is 0. The van der Waals surface area contributed by atoms with Crippen molar-refractivity contribution in [3.05, 3.63) is 36.4 Å². The van der Waals surface area contributed by atoms with Gasteiger partial charge in [-0.1, -0.05) is 12.1 Å². The zero-order chi connectivity index (χ0) is 14.2. The van der Waals surface area contributed by atoms with Crippen LogP contribution < -0.4 is 10.0 Å². The van der Waals surface area contributed by atoms with Crippen molar-refractivity contribution >= 4 is 21.5 Å². The van der Waals surface area contributed by atoms with E-state index in [-0.39, 0.29) is 16.5 Å². The van der Waals surface area contributed by atoms with E-state index in [9.17, 15) is 12.8 Å². The molecule has 8 heteroatoms. The van der Waals surface area contributed by atoms with Crippen molar-refractivity contribution in [3.63, 3.8) is 0 Å². The predicted molar refractivity (Wildman–Crippen MR) is 69.6 cm³/mol. The summed E-state index contributed by atoms with van der Waals surface area (Å²) in [5.41, 5.74) is 5.50. The van der Waals surface area contributed by atoms with Crippen LogP contribution in [0.4, 0.5) is 15.9 Å². The highest BCUT2D eigenvalue weighted by atomic mass is 32.2. The van der Waals surface area contributed by atoms with Gasteiger partial charge in [-0.3, -0.25) is 4.31 Å². The molecule has 0 bridgehead atoms. The fourth-order valence-corrected chi connectivity index (χ4v) is 3.11. The van der Waals surface area contributed by atoms with E-state index in [1.165, 1.54) is 43.2 Å². The summed E-state index contributed by atoms with van der Waals surface area (Å²) in [6, 6.07) is 5.60. The fraction of sp³-hybridized carbons (Fsp3) is 0.182. The van der Waals surface area contributed by atoms with Crippen LogP contribution in [0.5, 0.6) is 0 Å². The molecule has 102 valence electrons. The number of imidazole rings is 1. The highest BCUT2D eigenvalue weighted by Gasteiger charge is 2.28. The molecule has 0 saturated carbocycles. The Morgan fingerprint density at radius 2 is 2.00 bits per heavy atom. The standard InChI is InChI=1S/C11H13FN4O2S/c1-15-7-14-10(13)11(15)19(17,18)16(2)9-6-4-3-5-8(9)12/h3-7H,13H2,1-2H3. The van der Waals surface area contributed by atoms with Crippen molar-refractivity contribution < 1.29 is 12.8 Å². The summed E-state index contributed by atoms with van der Waals surface area (Å²) in [7, 11) is -1.19. The second kappa shape index (κ2) is 4.54. The molecule has 0 radical (unpaired) electrons. The van der Waals surface area contributed by atoms with Gasteiger partial charge in [-0.2, -0.15) is 8.42 Å². The van der Waals surface area contributed by atoms with Crippen LogP contribution >= 0.6 is 0 Å². The SMILES string of the molecule is CN(c1ccccc1F)S(=O)(=O)c1c(N)ncn1C. The summed E-state index contributed by atoms with van der Waals surface area (Å²) in [6.07, 6.45) is 1.29. The minimum atomic E-state index is -3.96. The van der Waals surface area contributed by atoms with Crippen LogP contribution in [0.25, 0.3) is 0 Å². The van der Waals surface area contributed by atoms with Crippen LogP contribution in [0.2, 0.25) is 0 Å². The van der Waals surface area contributed by atoms with Crippen LogP contribution in [0, 0.1) is 5.82 Å². The highest BCUT2D eigenvalue weighted by molar-refractivity contribution is 7.92. The van der Waals surface area contributed by atoms with Crippen molar-refractivity contribution in [1.82, 2.24) is 9.55 Å². The minimum Gasteiger partial charge on any atom is -0.381 e. The average molecular weight is 284 g/mol. The molecule has 19 heavy (non-hydrogen) atoms. The van der Waals surface area contributed by atoms with Crippen molar-refractivity contribution in [2.75, 3.05) is 17.1 Å². The van der Waals surface area contributed by atoms with Crippen LogP contribution in [-0.2, 0) is 17.1 Å². The van der Waals surface area contributed by atoms with Crippen molar-refractivity contribution in [1.29, 1.82) is 0 Å². The normalized spacial score (nSPS) is 11.5. The number of halogens is 1. The Morgan fingerprint density at radius 3 is 2.53 bits per heavy atom. The van der Waals surface area contributed by atoms with Gasteiger partial charge in [-0.25, -0.2) is 9.37 Å². The van der Waals surface area contributed by atoms with Crippen LogP contribution in [0.1, 0.15) is 0 Å². The number of aromatic nitrogens is 2. The van der Waals surface area contributed by atoms with Crippen molar-refractivity contribution in [3.8, 4) is 0 Å². The number of benzene rings is 1. The summed E-state index contributed by atoms with van der Waals surface area (Å²) in [5.74, 6) is -0.750. The lowest BCUT2D eigenvalue weighted by molar-refractivity contribution is 0.581. The van der Waals surface area contributed by atoms with Crippen LogP contribution in [0.15, 0.2) is 35.6 Å². The lowest BCUT2D eigenvalue weighted by Gasteiger charge is -2.20. The second-order valence-corrected chi connectivity index (χ2v) is 5.85. The van der Waals surface area contributed by atoms with E-state index < -0.39 is 15.8 Å². The van der Waals surface area contributed by atoms with Gasteiger partial charge in [0.05, 0.1) is 12.0 Å². The molecule has 1 aromatic carbocycles. The number of rotatable bonds is 3. The van der Waals surface area contributed by atoms with Gasteiger partial charge in [0.25, 0.3) is 10.0 Å². The molecule has 0 aliphatic carbocycles. The zero-order valence-electron chi connectivity index (χ0n) is 10.4. The van der Waals surface area contributed by atoms with E-state index in [0.717, 1.165) is 4.31 Å². The first-order chi connectivity index (χ1) is 8.85. The smallest absolute Gasteiger partial charge is 0.283 e. The topological polar surface area (TPSA) is 81.2 Å². The Labute approximate surface area is 110 Å². The molecule has 0 unspecified atom stereocenters. The maximum absolute atomic E-state index is 13.7. The van der Waals surface area contributed by atoms with Crippen molar-refractivity contribution in [2.24, 2.45) is 7.05 Å². The molecule has 2 N–H and O–H groups in total. The van der Waals surface area contributed by atoms with Crippen molar-refractivity contribution in [2.45, 2.75) is 5.03 Å². The number of hydrogen-bond acceptors (Lipinski definition) is 4. The zero-order valence-corrected chi connectivity index (χ0v) is 11.2. The van der Waals surface area contributed by atoms with E-state index in [1.807, 2.05) is 0 Å². The Hall–Kier alpha value is -2.09. The Balaban J connectivity index is 2.55. The molecule has 1 aromatic heterocycles. The molecule has 0 saturated heterocycles. The largest absolute Gasteiger partial charge is 0.381 e. The van der Waals surface area contributed by atoms with E-state index in [2.05, 4.69) is 4.98 Å². The number of sulfonamides is 1. The number of nitrogen functional groups attached to an aromatic ring is 1. The highest BCUT2D eigenvalue weighted by Crippen LogP contribution is 2.26. The Kier molecular flexibility index (Phi) is 3.19. The van der Waals surface area contributed by atoms with Crippen LogP contribution in [0.3, 0.4) is 0 Å². The summed E-state index contributed by atoms with van der Waals surface area (Å²) >= 11 is 0. The summed E-state index contributed by atoms with van der Waals surface area (Å²) in [5, 5.41) is -0.168. The van der Waals surface area contributed by atoms with Gasteiger partial charge in [0, 0.05) is 14.1 Å². The third-order valence-electron chi connectivity index (χ3n) is 2.71. The van der Waals surface area contributed by atoms with Gasteiger partial charge in [0.15, 0.2) is 10.8 Å². The number of nitrogens with two attached hydrogens (primary N) is 1. The fourth-order valence-electron chi connectivity index (χ4n) is 1.72. The average Bonchev–Trinajstić information content (AvgIpc) is 2.69. The molecule has 0 atom stereocenters. The number of anilines is 2. The van der Waals surface area contributed by atoms with E-state index in [4.69, 9.17) is 5.73 Å². The maximum atomic E-state index is 13.7. The first kappa shape index (κ1) is 13.3. The van der Waals surface area contributed by atoms with Gasteiger partial charge in [0.2, 0.25) is 0 Å². The summed E-state index contributed by atoms with van der Waals surface area (Å²) in [4.78, 5) is 3.72. The molecule has 0 fully saturated rings. The quantitative estimate of drug-likeness (QED) is 0.910. The number of para-hydroxylation sites is 1.